The van der Waals surface area contributed by atoms with Gasteiger partial charge in [-0.1, -0.05) is 0 Å². The van der Waals surface area contributed by atoms with Crippen LogP contribution in [0.25, 0.3) is 0 Å². The molecule has 0 saturated heterocycles. The van der Waals surface area contributed by atoms with Crippen molar-refractivity contribution < 1.29 is 13.2 Å². The van der Waals surface area contributed by atoms with Crippen LogP contribution in [0.1, 0.15) is 19.8 Å². The number of nitrogens with one attached hydrogen (secondary N) is 1. The van der Waals surface area contributed by atoms with Crippen LogP contribution in [-0.2, 0) is 14.8 Å². The van der Waals surface area contributed by atoms with Crippen molar-refractivity contribution in [3.63, 3.8) is 0 Å². The minimum Gasteiger partial charge on any atom is -0.355 e. The zero-order valence-electron chi connectivity index (χ0n) is 9.70. The average Bonchev–Trinajstić information content (AvgIpc) is 2.18. The van der Waals surface area contributed by atoms with Crippen LogP contribution in [-0.4, -0.2) is 50.4 Å². The predicted octanol–water partition coefficient (Wildman–Crippen LogP) is 0.403. The van der Waals surface area contributed by atoms with Gasteiger partial charge in [0.2, 0.25) is 15.9 Å². The van der Waals surface area contributed by atoms with Crippen molar-refractivity contribution in [3.8, 4) is 0 Å². The largest absolute Gasteiger partial charge is 0.355 e. The van der Waals surface area contributed by atoms with Crippen molar-refractivity contribution >= 4 is 27.5 Å². The third-order valence-corrected chi connectivity index (χ3v) is 4.15. The Balaban J connectivity index is 4.13. The maximum Gasteiger partial charge on any atom is 0.235 e. The number of halogens is 1. The van der Waals surface area contributed by atoms with Gasteiger partial charge in [-0.25, -0.2) is 8.42 Å². The van der Waals surface area contributed by atoms with Crippen LogP contribution >= 0.6 is 11.6 Å². The summed E-state index contributed by atoms with van der Waals surface area (Å²) in [5.74, 6) is 0.205. The zero-order valence-corrected chi connectivity index (χ0v) is 11.3. The Morgan fingerprint density at radius 3 is 2.50 bits per heavy atom. The summed E-state index contributed by atoms with van der Waals surface area (Å²) < 4.78 is 24.4. The van der Waals surface area contributed by atoms with Crippen molar-refractivity contribution in [1.29, 1.82) is 0 Å². The lowest BCUT2D eigenvalue weighted by atomic mass is 10.4. The molecule has 0 aliphatic carbocycles. The second kappa shape index (κ2) is 7.86. The smallest absolute Gasteiger partial charge is 0.235 e. The molecule has 0 heterocycles. The number of hydrogen-bond donors (Lipinski definition) is 1. The minimum atomic E-state index is -3.33. The second-order valence-corrected chi connectivity index (χ2v) is 6.00. The summed E-state index contributed by atoms with van der Waals surface area (Å²) in [6, 6.07) is 0. The molecule has 0 aliphatic rings. The normalized spacial score (nSPS) is 11.8. The molecule has 7 heteroatoms. The standard InChI is InChI=1S/C9H19ClN2O3S/c1-3-11-9(13)8-12(2)16(14,15)7-5-4-6-10/h3-8H2,1-2H3,(H,11,13). The zero-order chi connectivity index (χ0) is 12.6. The van der Waals surface area contributed by atoms with Crippen LogP contribution in [0.2, 0.25) is 0 Å². The van der Waals surface area contributed by atoms with Gasteiger partial charge in [-0.2, -0.15) is 4.31 Å². The molecule has 0 aromatic heterocycles. The predicted molar refractivity (Wildman–Crippen MR) is 65.1 cm³/mol. The van der Waals surface area contributed by atoms with Crippen molar-refractivity contribution in [3.05, 3.63) is 0 Å². The Labute approximate surface area is 102 Å². The summed E-state index contributed by atoms with van der Waals surface area (Å²) in [5, 5.41) is 2.55. The van der Waals surface area contributed by atoms with E-state index < -0.39 is 10.0 Å². The fourth-order valence-corrected chi connectivity index (χ4v) is 2.47. The number of unbranched alkanes of at least 4 members (excludes halogenated alkanes) is 1. The van der Waals surface area contributed by atoms with E-state index >= 15 is 0 Å². The number of amides is 1. The molecule has 0 bridgehead atoms. The first-order valence-electron chi connectivity index (χ1n) is 5.20. The van der Waals surface area contributed by atoms with E-state index in [-0.39, 0.29) is 18.2 Å². The van der Waals surface area contributed by atoms with Crippen molar-refractivity contribution in [1.82, 2.24) is 9.62 Å². The van der Waals surface area contributed by atoms with Crippen LogP contribution < -0.4 is 5.32 Å². The molecular formula is C9H19ClN2O3S. The van der Waals surface area contributed by atoms with Crippen LogP contribution in [0.5, 0.6) is 0 Å². The van der Waals surface area contributed by atoms with Gasteiger partial charge in [0, 0.05) is 19.5 Å². The Bertz CT molecular complexity index is 306. The fourth-order valence-electron chi connectivity index (χ4n) is 1.09. The Kier molecular flexibility index (Phi) is 7.70. The molecule has 0 spiro atoms. The molecule has 0 aromatic rings. The first kappa shape index (κ1) is 15.7. The molecule has 96 valence electrons. The Morgan fingerprint density at radius 2 is 2.00 bits per heavy atom. The van der Waals surface area contributed by atoms with E-state index in [2.05, 4.69) is 5.32 Å². The van der Waals surface area contributed by atoms with Gasteiger partial charge >= 0.3 is 0 Å². The van der Waals surface area contributed by atoms with Crippen LogP contribution in [0.3, 0.4) is 0 Å². The van der Waals surface area contributed by atoms with Crippen LogP contribution in [0.4, 0.5) is 0 Å². The number of rotatable bonds is 8. The third-order valence-electron chi connectivity index (χ3n) is 2.00. The maximum atomic E-state index is 11.6. The molecule has 0 radical (unpaired) electrons. The highest BCUT2D eigenvalue weighted by molar-refractivity contribution is 7.89. The fraction of sp³-hybridized carbons (Fsp3) is 0.889. The quantitative estimate of drug-likeness (QED) is 0.513. The van der Waals surface area contributed by atoms with Gasteiger partial charge in [0.25, 0.3) is 0 Å². The number of alkyl halides is 1. The summed E-state index contributed by atoms with van der Waals surface area (Å²) in [4.78, 5) is 11.2. The number of carbonyl (C=O) groups excluding carboxylic acids is 1. The van der Waals surface area contributed by atoms with E-state index in [1.807, 2.05) is 0 Å². The molecule has 0 atom stereocenters. The molecular weight excluding hydrogens is 252 g/mol. The molecule has 5 nitrogen and oxygen atoms in total. The molecule has 1 N–H and O–H groups in total. The third kappa shape index (κ3) is 6.30. The van der Waals surface area contributed by atoms with E-state index in [4.69, 9.17) is 11.6 Å². The Hall–Kier alpha value is -0.330. The first-order valence-corrected chi connectivity index (χ1v) is 7.35. The molecule has 0 unspecified atom stereocenters. The Morgan fingerprint density at radius 1 is 1.38 bits per heavy atom. The molecule has 0 rings (SSSR count). The topological polar surface area (TPSA) is 66.5 Å². The lowest BCUT2D eigenvalue weighted by Crippen LogP contribution is -2.39. The van der Waals surface area contributed by atoms with Gasteiger partial charge in [-0.15, -0.1) is 11.6 Å². The van der Waals surface area contributed by atoms with Crippen molar-refractivity contribution in [2.75, 3.05) is 31.8 Å². The van der Waals surface area contributed by atoms with Gasteiger partial charge in [-0.05, 0) is 19.8 Å². The lowest BCUT2D eigenvalue weighted by Gasteiger charge is -2.16. The van der Waals surface area contributed by atoms with E-state index in [1.54, 1.807) is 6.92 Å². The van der Waals surface area contributed by atoms with Gasteiger partial charge < -0.3 is 5.32 Å². The molecule has 0 aliphatic heterocycles. The monoisotopic (exact) mass is 270 g/mol. The van der Waals surface area contributed by atoms with Crippen LogP contribution in [0, 0.1) is 0 Å². The minimum absolute atomic E-state index is 0.0373. The van der Waals surface area contributed by atoms with Gasteiger partial charge in [-0.3, -0.25) is 4.79 Å². The van der Waals surface area contributed by atoms with E-state index in [0.717, 1.165) is 4.31 Å². The highest BCUT2D eigenvalue weighted by Crippen LogP contribution is 2.02. The highest BCUT2D eigenvalue weighted by atomic mass is 35.5. The van der Waals surface area contributed by atoms with Crippen LogP contribution in [0.15, 0.2) is 0 Å². The molecule has 0 fully saturated rings. The van der Waals surface area contributed by atoms with Gasteiger partial charge in [0.1, 0.15) is 0 Å². The summed E-state index contributed by atoms with van der Waals surface area (Å²) in [5.41, 5.74) is 0. The number of nitrogens with zero attached hydrogens (tertiary/aromatic N) is 1. The van der Waals surface area contributed by atoms with Gasteiger partial charge in [0.05, 0.1) is 12.3 Å². The maximum absolute atomic E-state index is 11.6. The average molecular weight is 271 g/mol. The SMILES string of the molecule is CCNC(=O)CN(C)S(=O)(=O)CCCCCl. The number of sulfonamides is 1. The highest BCUT2D eigenvalue weighted by Gasteiger charge is 2.19. The van der Waals surface area contributed by atoms with E-state index in [9.17, 15) is 13.2 Å². The number of hydrogen-bond acceptors (Lipinski definition) is 3. The van der Waals surface area contributed by atoms with Gasteiger partial charge in [0.15, 0.2) is 0 Å². The number of carbonyl (C=O) groups is 1. The van der Waals surface area contributed by atoms with Crippen molar-refractivity contribution in [2.45, 2.75) is 19.8 Å². The van der Waals surface area contributed by atoms with E-state index in [1.165, 1.54) is 7.05 Å². The first-order chi connectivity index (χ1) is 7.44. The number of likely N-dealkylation sites (N-methyl/N-ethyl adjacent to an activating group) is 2. The lowest BCUT2D eigenvalue weighted by molar-refractivity contribution is -0.121. The van der Waals surface area contributed by atoms with Crippen molar-refractivity contribution in [2.24, 2.45) is 0 Å². The summed E-state index contributed by atoms with van der Waals surface area (Å²) in [7, 11) is -1.92. The molecule has 0 aromatic carbocycles. The summed E-state index contributed by atoms with van der Waals surface area (Å²) in [6.45, 7) is 2.16. The molecule has 0 saturated carbocycles. The summed E-state index contributed by atoms with van der Waals surface area (Å²) in [6.07, 6.45) is 1.18. The summed E-state index contributed by atoms with van der Waals surface area (Å²) >= 11 is 5.46. The van der Waals surface area contributed by atoms with E-state index in [0.29, 0.717) is 25.3 Å². The molecule has 16 heavy (non-hydrogen) atoms. The second-order valence-electron chi connectivity index (χ2n) is 3.42. The molecule has 1 amide bonds.